The van der Waals surface area contributed by atoms with E-state index >= 15 is 0 Å². The van der Waals surface area contributed by atoms with Crippen LogP contribution >= 0.6 is 0 Å². The molecule has 1 saturated heterocycles. The van der Waals surface area contributed by atoms with Crippen molar-refractivity contribution in [2.75, 3.05) is 59.3 Å². The quantitative estimate of drug-likeness (QED) is 0.789. The Morgan fingerprint density at radius 2 is 1.82 bits per heavy atom. The van der Waals surface area contributed by atoms with Crippen molar-refractivity contribution in [3.05, 3.63) is 47.7 Å². The second kappa shape index (κ2) is 9.41. The summed E-state index contributed by atoms with van der Waals surface area (Å²) in [6, 6.07) is 9.50. The van der Waals surface area contributed by atoms with Gasteiger partial charge in [0, 0.05) is 44.5 Å². The molecule has 0 atom stereocenters. The van der Waals surface area contributed by atoms with E-state index in [1.54, 1.807) is 26.5 Å². The third-order valence-corrected chi connectivity index (χ3v) is 4.97. The maximum atomic E-state index is 12.7. The summed E-state index contributed by atoms with van der Waals surface area (Å²) in [4.78, 5) is 21.2. The van der Waals surface area contributed by atoms with Crippen LogP contribution in [0.3, 0.4) is 0 Å². The maximum absolute atomic E-state index is 12.7. The summed E-state index contributed by atoms with van der Waals surface area (Å²) < 4.78 is 10.6. The highest BCUT2D eigenvalue weighted by Crippen LogP contribution is 2.27. The van der Waals surface area contributed by atoms with Gasteiger partial charge in [0.15, 0.2) is 11.5 Å². The minimum Gasteiger partial charge on any atom is -0.493 e. The smallest absolute Gasteiger partial charge is 0.254 e. The Hall–Kier alpha value is -2.80. The number of carbonyl (C=O) groups excluding carboxylic acids is 1. The molecule has 1 aliphatic heterocycles. The number of nitrogens with zero attached hydrogens (tertiary/aromatic N) is 3. The van der Waals surface area contributed by atoms with Gasteiger partial charge in [-0.3, -0.25) is 4.79 Å². The van der Waals surface area contributed by atoms with Gasteiger partial charge in [0.1, 0.15) is 5.82 Å². The van der Waals surface area contributed by atoms with Crippen LogP contribution in [0, 0.1) is 0 Å². The lowest BCUT2D eigenvalue weighted by Gasteiger charge is -2.32. The van der Waals surface area contributed by atoms with E-state index in [1.165, 1.54) is 0 Å². The largest absolute Gasteiger partial charge is 0.493 e. The van der Waals surface area contributed by atoms with Crippen LogP contribution < -0.4 is 14.8 Å². The number of benzene rings is 1. The van der Waals surface area contributed by atoms with E-state index in [1.807, 2.05) is 29.2 Å². The van der Waals surface area contributed by atoms with E-state index < -0.39 is 0 Å². The molecule has 0 spiro atoms. The van der Waals surface area contributed by atoms with Gasteiger partial charge in [0.25, 0.3) is 5.91 Å². The van der Waals surface area contributed by atoms with Crippen LogP contribution in [0.15, 0.2) is 36.5 Å². The molecule has 150 valence electrons. The van der Waals surface area contributed by atoms with Gasteiger partial charge in [-0.15, -0.1) is 0 Å². The Labute approximate surface area is 166 Å². The van der Waals surface area contributed by atoms with Crippen molar-refractivity contribution in [1.29, 1.82) is 0 Å². The average Bonchev–Trinajstić information content (AvgIpc) is 2.74. The molecule has 1 aliphatic rings. The molecule has 3 rings (SSSR count). The number of piperazine rings is 1. The number of likely N-dealkylation sites (N-methyl/N-ethyl adjacent to an activating group) is 1. The van der Waals surface area contributed by atoms with Gasteiger partial charge in [-0.05, 0) is 43.3 Å². The van der Waals surface area contributed by atoms with Crippen LogP contribution in [0.2, 0.25) is 0 Å². The first kappa shape index (κ1) is 19.9. The normalized spacial score (nSPS) is 14.6. The lowest BCUT2D eigenvalue weighted by molar-refractivity contribution is 0.0664. The van der Waals surface area contributed by atoms with Crippen LogP contribution in [0.1, 0.15) is 15.9 Å². The van der Waals surface area contributed by atoms with Crippen molar-refractivity contribution in [3.8, 4) is 11.5 Å². The van der Waals surface area contributed by atoms with Gasteiger partial charge in [-0.25, -0.2) is 4.98 Å². The minimum absolute atomic E-state index is 0.0680. The number of anilines is 1. The third kappa shape index (κ3) is 4.92. The molecule has 0 saturated carbocycles. The van der Waals surface area contributed by atoms with E-state index in [0.29, 0.717) is 17.9 Å². The standard InChI is InChI=1S/C21H28N4O3/c1-24-10-12-25(13-11-24)21(26)17-7-9-23-20(15-17)22-8-6-16-4-5-18(27-2)19(14-16)28-3/h4-5,7,9,14-15H,6,8,10-13H2,1-3H3,(H,22,23). The number of rotatable bonds is 7. The van der Waals surface area contributed by atoms with Gasteiger partial charge >= 0.3 is 0 Å². The molecule has 0 aliphatic carbocycles. The van der Waals surface area contributed by atoms with Gasteiger partial charge in [-0.2, -0.15) is 0 Å². The molecule has 1 aromatic carbocycles. The van der Waals surface area contributed by atoms with Crippen LogP contribution in [-0.4, -0.2) is 74.7 Å². The summed E-state index contributed by atoms with van der Waals surface area (Å²) in [6.45, 7) is 4.05. The summed E-state index contributed by atoms with van der Waals surface area (Å²) in [7, 11) is 5.34. The molecule has 1 N–H and O–H groups in total. The number of pyridine rings is 1. The Bertz CT molecular complexity index is 804. The molecule has 0 unspecified atom stereocenters. The molecule has 1 amide bonds. The molecule has 0 bridgehead atoms. The number of hydrogen-bond donors (Lipinski definition) is 1. The zero-order valence-electron chi connectivity index (χ0n) is 16.8. The summed E-state index contributed by atoms with van der Waals surface area (Å²) in [6.07, 6.45) is 2.49. The van der Waals surface area contributed by atoms with Crippen molar-refractivity contribution in [2.24, 2.45) is 0 Å². The second-order valence-corrected chi connectivity index (χ2v) is 6.89. The van der Waals surface area contributed by atoms with E-state index in [9.17, 15) is 4.79 Å². The summed E-state index contributed by atoms with van der Waals surface area (Å²) in [5, 5.41) is 3.30. The first-order chi connectivity index (χ1) is 13.6. The predicted octanol–water partition coefficient (Wildman–Crippen LogP) is 2.14. The molecule has 2 heterocycles. The molecular formula is C21H28N4O3. The summed E-state index contributed by atoms with van der Waals surface area (Å²) >= 11 is 0. The highest BCUT2D eigenvalue weighted by atomic mass is 16.5. The van der Waals surface area contributed by atoms with E-state index in [4.69, 9.17) is 9.47 Å². The molecule has 1 fully saturated rings. The Morgan fingerprint density at radius 3 is 2.54 bits per heavy atom. The monoisotopic (exact) mass is 384 g/mol. The molecule has 7 nitrogen and oxygen atoms in total. The SMILES string of the molecule is COc1ccc(CCNc2cc(C(=O)N3CCN(C)CC3)ccn2)cc1OC. The van der Waals surface area contributed by atoms with Crippen molar-refractivity contribution in [2.45, 2.75) is 6.42 Å². The first-order valence-corrected chi connectivity index (χ1v) is 9.49. The fourth-order valence-electron chi connectivity index (χ4n) is 3.22. The lowest BCUT2D eigenvalue weighted by atomic mass is 10.1. The first-order valence-electron chi connectivity index (χ1n) is 9.49. The molecule has 0 radical (unpaired) electrons. The second-order valence-electron chi connectivity index (χ2n) is 6.89. The van der Waals surface area contributed by atoms with Crippen molar-refractivity contribution in [1.82, 2.24) is 14.8 Å². The number of hydrogen-bond acceptors (Lipinski definition) is 6. The molecule has 2 aromatic rings. The highest BCUT2D eigenvalue weighted by Gasteiger charge is 2.20. The van der Waals surface area contributed by atoms with Crippen molar-refractivity contribution < 1.29 is 14.3 Å². The number of ether oxygens (including phenoxy) is 2. The van der Waals surface area contributed by atoms with Gasteiger partial charge < -0.3 is 24.6 Å². The maximum Gasteiger partial charge on any atom is 0.254 e. The van der Waals surface area contributed by atoms with Crippen molar-refractivity contribution >= 4 is 11.7 Å². The molecule has 1 aromatic heterocycles. The molecular weight excluding hydrogens is 356 g/mol. The lowest BCUT2D eigenvalue weighted by Crippen LogP contribution is -2.47. The topological polar surface area (TPSA) is 66.9 Å². The molecule has 28 heavy (non-hydrogen) atoms. The zero-order valence-corrected chi connectivity index (χ0v) is 16.8. The summed E-state index contributed by atoms with van der Waals surface area (Å²) in [5.74, 6) is 2.22. The number of carbonyl (C=O) groups is 1. The molecule has 7 heteroatoms. The Balaban J connectivity index is 1.57. The number of methoxy groups -OCH3 is 2. The summed E-state index contributed by atoms with van der Waals surface area (Å²) in [5.41, 5.74) is 1.81. The van der Waals surface area contributed by atoms with E-state index in [-0.39, 0.29) is 5.91 Å². The van der Waals surface area contributed by atoms with Crippen molar-refractivity contribution in [3.63, 3.8) is 0 Å². The van der Waals surface area contributed by atoms with E-state index in [2.05, 4.69) is 22.2 Å². The number of aromatic nitrogens is 1. The number of amides is 1. The fourth-order valence-corrected chi connectivity index (χ4v) is 3.22. The zero-order chi connectivity index (χ0) is 19.9. The van der Waals surface area contributed by atoms with E-state index in [0.717, 1.165) is 49.7 Å². The van der Waals surface area contributed by atoms with Crippen LogP contribution in [-0.2, 0) is 6.42 Å². The van der Waals surface area contributed by atoms with Crippen LogP contribution in [0.4, 0.5) is 5.82 Å². The third-order valence-electron chi connectivity index (χ3n) is 4.97. The fraction of sp³-hybridized carbons (Fsp3) is 0.429. The highest BCUT2D eigenvalue weighted by molar-refractivity contribution is 5.94. The van der Waals surface area contributed by atoms with Crippen LogP contribution in [0.5, 0.6) is 11.5 Å². The van der Waals surface area contributed by atoms with Crippen LogP contribution in [0.25, 0.3) is 0 Å². The Morgan fingerprint density at radius 1 is 1.07 bits per heavy atom. The number of nitrogens with one attached hydrogen (secondary N) is 1. The van der Waals surface area contributed by atoms with Gasteiger partial charge in [0.2, 0.25) is 0 Å². The minimum atomic E-state index is 0.0680. The predicted molar refractivity (Wildman–Crippen MR) is 109 cm³/mol. The van der Waals surface area contributed by atoms with Gasteiger partial charge in [0.05, 0.1) is 14.2 Å². The van der Waals surface area contributed by atoms with Gasteiger partial charge in [-0.1, -0.05) is 6.07 Å². The average molecular weight is 384 g/mol. The Kier molecular flexibility index (Phi) is 6.71.